The zero-order valence-electron chi connectivity index (χ0n) is 13.3. The average Bonchev–Trinajstić information content (AvgIpc) is 3.11. The molecule has 0 aliphatic carbocycles. The van der Waals surface area contributed by atoms with Gasteiger partial charge < -0.3 is 4.90 Å². The second-order valence-electron chi connectivity index (χ2n) is 5.91. The summed E-state index contributed by atoms with van der Waals surface area (Å²) < 4.78 is 26.7. The van der Waals surface area contributed by atoms with E-state index in [9.17, 15) is 8.42 Å². The molecule has 6 heteroatoms. The first-order valence-electron chi connectivity index (χ1n) is 7.91. The van der Waals surface area contributed by atoms with E-state index in [-0.39, 0.29) is 0 Å². The Labute approximate surface area is 142 Å². The lowest BCUT2D eigenvalue weighted by molar-refractivity contribution is 0.468. The highest BCUT2D eigenvalue weighted by Crippen LogP contribution is 2.23. The molecule has 0 N–H and O–H groups in total. The number of benzene rings is 1. The molecule has 0 unspecified atom stereocenters. The Morgan fingerprint density at radius 2 is 1.78 bits per heavy atom. The summed E-state index contributed by atoms with van der Waals surface area (Å²) in [4.78, 5) is 2.40. The zero-order chi connectivity index (χ0) is 16.3. The van der Waals surface area contributed by atoms with E-state index in [2.05, 4.69) is 17.0 Å². The van der Waals surface area contributed by atoms with Gasteiger partial charge >= 0.3 is 0 Å². The quantitative estimate of drug-likeness (QED) is 0.828. The molecule has 2 aromatic rings. The third-order valence-electron chi connectivity index (χ3n) is 4.22. The maximum atomic E-state index is 12.4. The van der Waals surface area contributed by atoms with Crippen LogP contribution in [0.1, 0.15) is 24.8 Å². The van der Waals surface area contributed by atoms with Crippen LogP contribution in [0.5, 0.6) is 0 Å². The minimum atomic E-state index is -3.38. The summed E-state index contributed by atoms with van der Waals surface area (Å²) >= 11 is 1.25. The summed E-state index contributed by atoms with van der Waals surface area (Å²) in [6, 6.07) is 11.7. The topological polar surface area (TPSA) is 40.6 Å². The van der Waals surface area contributed by atoms with Crippen molar-refractivity contribution in [1.29, 1.82) is 0 Å². The van der Waals surface area contributed by atoms with Crippen LogP contribution < -0.4 is 4.90 Å². The molecule has 0 atom stereocenters. The Kier molecular flexibility index (Phi) is 5.04. The molecule has 0 amide bonds. The predicted molar refractivity (Wildman–Crippen MR) is 95.5 cm³/mol. The molecule has 0 spiro atoms. The van der Waals surface area contributed by atoms with E-state index in [4.69, 9.17) is 0 Å². The van der Waals surface area contributed by atoms with Crippen molar-refractivity contribution < 1.29 is 8.42 Å². The lowest BCUT2D eigenvalue weighted by Gasteiger charge is -2.29. The molecule has 124 valence electrons. The van der Waals surface area contributed by atoms with Gasteiger partial charge in [0.1, 0.15) is 4.21 Å². The number of sulfonamides is 1. The lowest BCUT2D eigenvalue weighted by Crippen LogP contribution is -2.29. The third kappa shape index (κ3) is 3.76. The van der Waals surface area contributed by atoms with Crippen LogP contribution in [0.3, 0.4) is 0 Å². The van der Waals surface area contributed by atoms with Gasteiger partial charge in [0.15, 0.2) is 0 Å². The van der Waals surface area contributed by atoms with Gasteiger partial charge in [0.05, 0.1) is 0 Å². The van der Waals surface area contributed by atoms with Crippen LogP contribution in [0.2, 0.25) is 0 Å². The van der Waals surface area contributed by atoms with Gasteiger partial charge in [-0.1, -0.05) is 18.2 Å². The van der Waals surface area contributed by atoms with E-state index in [1.807, 2.05) is 12.1 Å². The van der Waals surface area contributed by atoms with Gasteiger partial charge in [0.2, 0.25) is 0 Å². The molecule has 1 fully saturated rings. The summed E-state index contributed by atoms with van der Waals surface area (Å²) in [6.07, 6.45) is 3.83. The van der Waals surface area contributed by atoms with Crippen LogP contribution in [0.4, 0.5) is 5.69 Å². The monoisotopic (exact) mass is 350 g/mol. The minimum absolute atomic E-state index is 0.389. The molecule has 0 saturated carbocycles. The Morgan fingerprint density at radius 1 is 1.09 bits per heavy atom. The molecule has 1 aromatic carbocycles. The molecule has 1 aliphatic rings. The van der Waals surface area contributed by atoms with Crippen molar-refractivity contribution >= 4 is 27.0 Å². The van der Waals surface area contributed by atoms with Crippen LogP contribution in [0.25, 0.3) is 0 Å². The molecular formula is C17H22N2O2S2. The van der Waals surface area contributed by atoms with Crippen molar-refractivity contribution in [2.24, 2.45) is 0 Å². The second-order valence-corrected chi connectivity index (χ2v) is 9.13. The third-order valence-corrected chi connectivity index (χ3v) is 7.40. The zero-order valence-corrected chi connectivity index (χ0v) is 14.9. The van der Waals surface area contributed by atoms with Crippen LogP contribution in [0, 0.1) is 0 Å². The van der Waals surface area contributed by atoms with Gasteiger partial charge in [-0.2, -0.15) is 4.31 Å². The van der Waals surface area contributed by atoms with Crippen molar-refractivity contribution in [2.45, 2.75) is 30.0 Å². The number of nitrogens with zero attached hydrogens (tertiary/aromatic N) is 2. The van der Waals surface area contributed by atoms with Crippen LogP contribution >= 0.6 is 11.3 Å². The van der Waals surface area contributed by atoms with Crippen molar-refractivity contribution in [1.82, 2.24) is 4.31 Å². The van der Waals surface area contributed by atoms with Crippen molar-refractivity contribution in [3.05, 3.63) is 47.3 Å². The number of anilines is 1. The summed E-state index contributed by atoms with van der Waals surface area (Å²) in [5.74, 6) is 0. The normalized spacial score (nSPS) is 16.0. The van der Waals surface area contributed by atoms with Gasteiger partial charge in [0.25, 0.3) is 10.0 Å². The van der Waals surface area contributed by atoms with Gasteiger partial charge in [-0.05, 0) is 48.4 Å². The fourth-order valence-corrected chi connectivity index (χ4v) is 5.23. The van der Waals surface area contributed by atoms with Crippen LogP contribution in [-0.2, 0) is 16.6 Å². The van der Waals surface area contributed by atoms with E-state index in [0.717, 1.165) is 18.7 Å². The Morgan fingerprint density at radius 3 is 2.39 bits per heavy atom. The summed E-state index contributed by atoms with van der Waals surface area (Å²) in [5.41, 5.74) is 2.24. The van der Waals surface area contributed by atoms with Gasteiger partial charge in [-0.3, -0.25) is 0 Å². The van der Waals surface area contributed by atoms with Crippen molar-refractivity contribution in [3.63, 3.8) is 0 Å². The Hall–Kier alpha value is -1.37. The molecule has 1 aliphatic heterocycles. The number of piperidine rings is 1. The standard InChI is InChI=1S/C17H22N2O2S2/c1-18(23(20,21)17-6-5-13-22-17)14-15-7-9-16(10-8-15)19-11-3-2-4-12-19/h5-10,13H,2-4,11-12,14H2,1H3. The van der Waals surface area contributed by atoms with Gasteiger partial charge in [-0.15, -0.1) is 11.3 Å². The largest absolute Gasteiger partial charge is 0.372 e. The summed E-state index contributed by atoms with van der Waals surface area (Å²) in [6.45, 7) is 2.62. The van der Waals surface area contributed by atoms with E-state index in [1.54, 1.807) is 24.6 Å². The number of hydrogen-bond donors (Lipinski definition) is 0. The Bertz CT molecular complexity index is 718. The van der Waals surface area contributed by atoms with E-state index in [1.165, 1.54) is 40.6 Å². The first-order valence-corrected chi connectivity index (χ1v) is 10.2. The molecule has 1 aromatic heterocycles. The number of hydrogen-bond acceptors (Lipinski definition) is 4. The molecule has 4 nitrogen and oxygen atoms in total. The van der Waals surface area contributed by atoms with E-state index < -0.39 is 10.0 Å². The summed E-state index contributed by atoms with van der Waals surface area (Å²) in [5, 5.41) is 1.79. The van der Waals surface area contributed by atoms with E-state index in [0.29, 0.717) is 10.8 Å². The molecule has 2 heterocycles. The predicted octanol–water partition coefficient (Wildman–Crippen LogP) is 3.56. The second kappa shape index (κ2) is 7.03. The van der Waals surface area contributed by atoms with Gasteiger partial charge in [-0.25, -0.2) is 8.42 Å². The number of thiophene rings is 1. The van der Waals surface area contributed by atoms with Crippen LogP contribution in [-0.4, -0.2) is 32.9 Å². The summed E-state index contributed by atoms with van der Waals surface area (Å²) in [7, 11) is -1.75. The highest BCUT2D eigenvalue weighted by molar-refractivity contribution is 7.91. The smallest absolute Gasteiger partial charge is 0.252 e. The molecule has 23 heavy (non-hydrogen) atoms. The average molecular weight is 351 g/mol. The first-order chi connectivity index (χ1) is 11.1. The van der Waals surface area contributed by atoms with Crippen molar-refractivity contribution in [2.75, 3.05) is 25.0 Å². The molecule has 3 rings (SSSR count). The van der Waals surface area contributed by atoms with Crippen LogP contribution in [0.15, 0.2) is 46.0 Å². The minimum Gasteiger partial charge on any atom is -0.372 e. The first kappa shape index (κ1) is 16.5. The molecular weight excluding hydrogens is 328 g/mol. The van der Waals surface area contributed by atoms with Crippen molar-refractivity contribution in [3.8, 4) is 0 Å². The van der Waals surface area contributed by atoms with E-state index >= 15 is 0 Å². The molecule has 0 bridgehead atoms. The highest BCUT2D eigenvalue weighted by atomic mass is 32.2. The SMILES string of the molecule is CN(Cc1ccc(N2CCCCC2)cc1)S(=O)(=O)c1cccs1. The maximum absolute atomic E-state index is 12.4. The van der Waals surface area contributed by atoms with Gasteiger partial charge in [0, 0.05) is 32.4 Å². The maximum Gasteiger partial charge on any atom is 0.252 e. The lowest BCUT2D eigenvalue weighted by atomic mass is 10.1. The number of rotatable bonds is 5. The fourth-order valence-electron chi connectivity index (χ4n) is 2.87. The highest BCUT2D eigenvalue weighted by Gasteiger charge is 2.21. The Balaban J connectivity index is 1.68. The molecule has 0 radical (unpaired) electrons. The molecule has 1 saturated heterocycles. The fraction of sp³-hybridized carbons (Fsp3) is 0.412.